The third-order valence-corrected chi connectivity index (χ3v) is 5.40. The van der Waals surface area contributed by atoms with Crippen LogP contribution in [0.1, 0.15) is 27.4 Å². The minimum absolute atomic E-state index is 0.125. The van der Waals surface area contributed by atoms with Crippen LogP contribution in [0, 0.1) is 0 Å². The molecule has 0 radical (unpaired) electrons. The van der Waals surface area contributed by atoms with Crippen LogP contribution in [0.4, 0.5) is 13.2 Å². The number of hydrogen-bond donors (Lipinski definition) is 1. The van der Waals surface area contributed by atoms with Crippen LogP contribution in [0.3, 0.4) is 0 Å². The summed E-state index contributed by atoms with van der Waals surface area (Å²) in [6.07, 6.45) is -2.83. The number of amides is 1. The summed E-state index contributed by atoms with van der Waals surface area (Å²) >= 11 is 1.32. The first-order valence-corrected chi connectivity index (χ1v) is 10.4. The number of thiazole rings is 1. The average Bonchev–Trinajstić information content (AvgIpc) is 3.48. The number of aromatic nitrogens is 1. The maximum atomic E-state index is 12.7. The Morgan fingerprint density at radius 3 is 2.62 bits per heavy atom. The quantitative estimate of drug-likeness (QED) is 0.373. The molecule has 0 aliphatic carbocycles. The molecule has 0 saturated heterocycles. The molecule has 2 heterocycles. The molecule has 2 aromatic carbocycles. The number of carbonyl (C=O) groups is 1. The van der Waals surface area contributed by atoms with Crippen LogP contribution in [0.5, 0.6) is 5.75 Å². The van der Waals surface area contributed by atoms with Crippen molar-refractivity contribution in [1.82, 2.24) is 10.3 Å². The molecule has 5 nitrogen and oxygen atoms in total. The summed E-state index contributed by atoms with van der Waals surface area (Å²) in [6, 6.07) is 15.5. The third-order valence-electron chi connectivity index (χ3n) is 4.51. The van der Waals surface area contributed by atoms with E-state index in [1.165, 1.54) is 29.7 Å². The number of benzene rings is 2. The van der Waals surface area contributed by atoms with Crippen LogP contribution >= 0.6 is 11.3 Å². The number of nitrogens with one attached hydrogen (secondary N) is 1. The minimum Gasteiger partial charge on any atom is -0.489 e. The lowest BCUT2D eigenvalue weighted by atomic mass is 10.1. The molecule has 4 rings (SSSR count). The van der Waals surface area contributed by atoms with Gasteiger partial charge in [-0.1, -0.05) is 24.3 Å². The van der Waals surface area contributed by atoms with Crippen LogP contribution in [0.15, 0.2) is 76.7 Å². The fourth-order valence-electron chi connectivity index (χ4n) is 2.86. The normalized spacial score (nSPS) is 11.3. The van der Waals surface area contributed by atoms with Gasteiger partial charge in [-0.3, -0.25) is 4.79 Å². The van der Waals surface area contributed by atoms with Gasteiger partial charge in [0.1, 0.15) is 28.8 Å². The standard InChI is InChI=1S/C23H17F3N2O3S/c24-23(25,26)17-8-6-15(7-9-17)13-31-18-4-1-3-16(11-18)22-28-20(14-32-22)21(29)27-12-19-5-2-10-30-19/h1-11,14H,12-13H2,(H,27,29). The molecule has 0 aliphatic heterocycles. The van der Waals surface area contributed by atoms with E-state index in [0.29, 0.717) is 27.8 Å². The Bertz CT molecular complexity index is 1190. The van der Waals surface area contributed by atoms with Crippen molar-refractivity contribution in [1.29, 1.82) is 0 Å². The monoisotopic (exact) mass is 458 g/mol. The van der Waals surface area contributed by atoms with Crippen molar-refractivity contribution >= 4 is 17.2 Å². The first-order valence-electron chi connectivity index (χ1n) is 9.54. The Hall–Kier alpha value is -3.59. The fraction of sp³-hybridized carbons (Fsp3) is 0.130. The van der Waals surface area contributed by atoms with E-state index >= 15 is 0 Å². The average molecular weight is 458 g/mol. The Morgan fingerprint density at radius 1 is 1.09 bits per heavy atom. The van der Waals surface area contributed by atoms with Crippen molar-refractivity contribution in [3.8, 4) is 16.3 Å². The largest absolute Gasteiger partial charge is 0.489 e. The summed E-state index contributed by atoms with van der Waals surface area (Å²) in [5.74, 6) is 0.881. The van der Waals surface area contributed by atoms with Crippen LogP contribution < -0.4 is 10.1 Å². The number of carbonyl (C=O) groups excluding carboxylic acids is 1. The maximum absolute atomic E-state index is 12.7. The van der Waals surface area contributed by atoms with Crippen molar-refractivity contribution < 1.29 is 27.1 Å². The molecule has 9 heteroatoms. The summed E-state index contributed by atoms with van der Waals surface area (Å²) in [5, 5.41) is 5.06. The van der Waals surface area contributed by atoms with Crippen LogP contribution in [0.25, 0.3) is 10.6 Å². The number of halogens is 3. The molecule has 0 fully saturated rings. The van der Waals surface area contributed by atoms with Gasteiger partial charge in [-0.15, -0.1) is 11.3 Å². The van der Waals surface area contributed by atoms with Crippen molar-refractivity contribution in [2.24, 2.45) is 0 Å². The second-order valence-corrected chi connectivity index (χ2v) is 7.67. The summed E-state index contributed by atoms with van der Waals surface area (Å²) in [4.78, 5) is 16.7. The highest BCUT2D eigenvalue weighted by Crippen LogP contribution is 2.30. The summed E-state index contributed by atoms with van der Waals surface area (Å²) in [6.45, 7) is 0.395. The van der Waals surface area contributed by atoms with Gasteiger partial charge in [-0.05, 0) is 42.0 Å². The van der Waals surface area contributed by atoms with E-state index in [0.717, 1.165) is 17.7 Å². The highest BCUT2D eigenvalue weighted by Gasteiger charge is 2.29. The lowest BCUT2D eigenvalue weighted by Crippen LogP contribution is -2.22. The van der Waals surface area contributed by atoms with Crippen LogP contribution in [-0.2, 0) is 19.3 Å². The van der Waals surface area contributed by atoms with Gasteiger partial charge >= 0.3 is 6.18 Å². The molecule has 1 amide bonds. The SMILES string of the molecule is O=C(NCc1ccco1)c1csc(-c2cccc(OCc3ccc(C(F)(F)F)cc3)c2)n1. The summed E-state index contributed by atoms with van der Waals surface area (Å²) in [5.41, 5.74) is 0.988. The fourth-order valence-corrected chi connectivity index (χ4v) is 3.65. The van der Waals surface area contributed by atoms with Crippen molar-refractivity contribution in [2.75, 3.05) is 0 Å². The molecule has 0 bridgehead atoms. The molecule has 0 saturated carbocycles. The van der Waals surface area contributed by atoms with Crippen LogP contribution in [-0.4, -0.2) is 10.9 Å². The molecule has 0 spiro atoms. The Morgan fingerprint density at radius 2 is 1.91 bits per heavy atom. The second kappa shape index (κ2) is 9.27. The number of furan rings is 1. The highest BCUT2D eigenvalue weighted by atomic mass is 32.1. The first kappa shape index (κ1) is 21.6. The Kier molecular flexibility index (Phi) is 6.27. The van der Waals surface area contributed by atoms with Crippen LogP contribution in [0.2, 0.25) is 0 Å². The first-order chi connectivity index (χ1) is 15.4. The zero-order chi connectivity index (χ0) is 22.6. The van der Waals surface area contributed by atoms with Gasteiger partial charge in [0, 0.05) is 10.9 Å². The van der Waals surface area contributed by atoms with Crippen molar-refractivity contribution in [2.45, 2.75) is 19.3 Å². The predicted octanol–water partition coefficient (Wildman–Crippen LogP) is 5.93. The third kappa shape index (κ3) is 5.36. The van der Waals surface area contributed by atoms with E-state index in [9.17, 15) is 18.0 Å². The Balaban J connectivity index is 1.38. The van der Waals surface area contributed by atoms with Gasteiger partial charge in [-0.2, -0.15) is 13.2 Å². The molecule has 0 unspecified atom stereocenters. The molecule has 1 N–H and O–H groups in total. The molecule has 0 aliphatic rings. The molecular weight excluding hydrogens is 441 g/mol. The second-order valence-electron chi connectivity index (χ2n) is 6.81. The van der Waals surface area contributed by atoms with Gasteiger partial charge in [0.25, 0.3) is 5.91 Å². The molecule has 2 aromatic heterocycles. The van der Waals surface area contributed by atoms with E-state index in [2.05, 4.69) is 10.3 Å². The molecule has 164 valence electrons. The van der Waals surface area contributed by atoms with Crippen molar-refractivity contribution in [3.63, 3.8) is 0 Å². The van der Waals surface area contributed by atoms with E-state index in [1.807, 2.05) is 6.07 Å². The highest BCUT2D eigenvalue weighted by molar-refractivity contribution is 7.13. The molecule has 0 atom stereocenters. The summed E-state index contributed by atoms with van der Waals surface area (Å²) < 4.78 is 48.9. The zero-order valence-electron chi connectivity index (χ0n) is 16.6. The summed E-state index contributed by atoms with van der Waals surface area (Å²) in [7, 11) is 0. The number of alkyl halides is 3. The van der Waals surface area contributed by atoms with E-state index < -0.39 is 11.7 Å². The molecule has 4 aromatic rings. The number of hydrogen-bond acceptors (Lipinski definition) is 5. The van der Waals surface area contributed by atoms with Crippen molar-refractivity contribution in [3.05, 3.63) is 94.9 Å². The van der Waals surface area contributed by atoms with Gasteiger partial charge in [0.2, 0.25) is 0 Å². The molecular formula is C23H17F3N2O3S. The number of nitrogens with zero attached hydrogens (tertiary/aromatic N) is 1. The van der Waals surface area contributed by atoms with Gasteiger partial charge < -0.3 is 14.5 Å². The zero-order valence-corrected chi connectivity index (χ0v) is 17.4. The van der Waals surface area contributed by atoms with Gasteiger partial charge in [0.05, 0.1) is 18.4 Å². The van der Waals surface area contributed by atoms with E-state index in [1.54, 1.807) is 35.7 Å². The predicted molar refractivity (Wildman–Crippen MR) is 113 cm³/mol. The smallest absolute Gasteiger partial charge is 0.416 e. The van der Waals surface area contributed by atoms with Gasteiger partial charge in [-0.25, -0.2) is 4.98 Å². The number of ether oxygens (including phenoxy) is 1. The van der Waals surface area contributed by atoms with Gasteiger partial charge in [0.15, 0.2) is 0 Å². The lowest BCUT2D eigenvalue weighted by molar-refractivity contribution is -0.137. The lowest BCUT2D eigenvalue weighted by Gasteiger charge is -2.09. The van der Waals surface area contributed by atoms with E-state index in [-0.39, 0.29) is 19.1 Å². The Labute approximate surface area is 185 Å². The van der Waals surface area contributed by atoms with E-state index in [4.69, 9.17) is 9.15 Å². The molecule has 32 heavy (non-hydrogen) atoms. The topological polar surface area (TPSA) is 64.4 Å². The number of rotatable bonds is 7. The maximum Gasteiger partial charge on any atom is 0.416 e. The minimum atomic E-state index is -4.37.